The summed E-state index contributed by atoms with van der Waals surface area (Å²) < 4.78 is 26.9. The molecule has 2 aromatic rings. The molecule has 1 saturated heterocycles. The lowest BCUT2D eigenvalue weighted by molar-refractivity contribution is 0.0699. The van der Waals surface area contributed by atoms with Gasteiger partial charge in [0.2, 0.25) is 0 Å². The Bertz CT molecular complexity index is 700. The second-order valence-electron chi connectivity index (χ2n) is 5.83. The van der Waals surface area contributed by atoms with Crippen molar-refractivity contribution >= 4 is 5.91 Å². The molecule has 0 saturated carbocycles. The molecule has 7 nitrogen and oxygen atoms in total. The first-order valence-corrected chi connectivity index (χ1v) is 7.85. The van der Waals surface area contributed by atoms with Crippen LogP contribution in [0.15, 0.2) is 18.3 Å². The number of alkyl halides is 2. The normalized spacial score (nSPS) is 18.3. The molecule has 130 valence electrons. The third kappa shape index (κ3) is 3.45. The third-order valence-electron chi connectivity index (χ3n) is 4.17. The molecule has 2 aromatic heterocycles. The van der Waals surface area contributed by atoms with Crippen molar-refractivity contribution in [1.29, 1.82) is 0 Å². The van der Waals surface area contributed by atoms with Crippen LogP contribution in [-0.4, -0.2) is 55.6 Å². The molecular formula is C15H19F2N5O2. The summed E-state index contributed by atoms with van der Waals surface area (Å²) in [5.74, 6) is -0.256. The van der Waals surface area contributed by atoms with Crippen LogP contribution in [0.4, 0.5) is 8.78 Å². The van der Waals surface area contributed by atoms with Crippen LogP contribution >= 0.6 is 0 Å². The van der Waals surface area contributed by atoms with Crippen LogP contribution in [0.1, 0.15) is 47.1 Å². The summed E-state index contributed by atoms with van der Waals surface area (Å²) in [5, 5.41) is 19.3. The number of aromatic amines is 1. The van der Waals surface area contributed by atoms with E-state index in [1.807, 2.05) is 6.07 Å². The third-order valence-corrected chi connectivity index (χ3v) is 4.17. The Morgan fingerprint density at radius 1 is 1.50 bits per heavy atom. The smallest absolute Gasteiger partial charge is 0.279 e. The number of halogens is 2. The Morgan fingerprint density at radius 2 is 2.33 bits per heavy atom. The topological polar surface area (TPSA) is 87.0 Å². The Labute approximate surface area is 137 Å². The molecule has 0 unspecified atom stereocenters. The molecule has 24 heavy (non-hydrogen) atoms. The van der Waals surface area contributed by atoms with Gasteiger partial charge in [-0.1, -0.05) is 0 Å². The van der Waals surface area contributed by atoms with E-state index in [4.69, 9.17) is 5.11 Å². The molecule has 1 aliphatic heterocycles. The predicted molar refractivity (Wildman–Crippen MR) is 80.7 cm³/mol. The van der Waals surface area contributed by atoms with E-state index in [0.717, 1.165) is 24.6 Å². The van der Waals surface area contributed by atoms with Crippen molar-refractivity contribution in [3.63, 3.8) is 0 Å². The number of carbonyl (C=O) groups excluding carboxylic acids is 1. The molecular weight excluding hydrogens is 320 g/mol. The molecule has 0 aliphatic carbocycles. The van der Waals surface area contributed by atoms with Crippen LogP contribution in [-0.2, 0) is 6.54 Å². The van der Waals surface area contributed by atoms with Crippen LogP contribution in [0, 0.1) is 0 Å². The molecule has 9 heteroatoms. The van der Waals surface area contributed by atoms with Crippen molar-refractivity contribution in [2.75, 3.05) is 19.7 Å². The molecule has 0 bridgehead atoms. The highest BCUT2D eigenvalue weighted by Gasteiger charge is 2.28. The van der Waals surface area contributed by atoms with E-state index >= 15 is 0 Å². The summed E-state index contributed by atoms with van der Waals surface area (Å²) in [5.41, 5.74) is 0.530. The lowest BCUT2D eigenvalue weighted by Crippen LogP contribution is -2.39. The van der Waals surface area contributed by atoms with Crippen LogP contribution in [0.3, 0.4) is 0 Å². The van der Waals surface area contributed by atoms with E-state index in [1.54, 1.807) is 15.8 Å². The molecule has 1 atom stereocenters. The summed E-state index contributed by atoms with van der Waals surface area (Å²) in [6.07, 6.45) is 0.844. The van der Waals surface area contributed by atoms with Gasteiger partial charge in [-0.15, -0.1) is 0 Å². The average Bonchev–Trinajstić information content (AvgIpc) is 3.24. The van der Waals surface area contributed by atoms with E-state index in [1.165, 1.54) is 0 Å². The maximum Gasteiger partial charge on any atom is 0.279 e. The number of piperidine rings is 1. The van der Waals surface area contributed by atoms with Crippen molar-refractivity contribution in [2.24, 2.45) is 0 Å². The minimum absolute atomic E-state index is 0.0109. The zero-order valence-electron chi connectivity index (χ0n) is 13.0. The van der Waals surface area contributed by atoms with Gasteiger partial charge in [-0.3, -0.25) is 14.6 Å². The zero-order valence-corrected chi connectivity index (χ0v) is 13.0. The van der Waals surface area contributed by atoms with Crippen molar-refractivity contribution in [1.82, 2.24) is 24.9 Å². The van der Waals surface area contributed by atoms with Gasteiger partial charge in [0.05, 0.1) is 18.8 Å². The number of aliphatic hydroxyl groups is 1. The van der Waals surface area contributed by atoms with Crippen molar-refractivity contribution < 1.29 is 18.7 Å². The van der Waals surface area contributed by atoms with Crippen molar-refractivity contribution in [2.45, 2.75) is 31.7 Å². The molecule has 3 heterocycles. The Balaban J connectivity index is 1.68. The standard InChI is InChI=1S/C15H19F2N5O2/c16-14(17)12-8-13(19-18-12)15(24)21-4-1-2-10(9-21)11-3-5-22(20-11)6-7-23/h3,5,8,10,14,23H,1-2,4,6-7,9H2,(H,18,19)/t10-/m1/s1. The van der Waals surface area contributed by atoms with Gasteiger partial charge in [0.15, 0.2) is 5.69 Å². The number of likely N-dealkylation sites (tertiary alicyclic amines) is 1. The van der Waals surface area contributed by atoms with Gasteiger partial charge in [0.1, 0.15) is 5.69 Å². The maximum absolute atomic E-state index is 12.6. The van der Waals surface area contributed by atoms with Gasteiger partial charge in [0.25, 0.3) is 12.3 Å². The Morgan fingerprint density at radius 3 is 3.04 bits per heavy atom. The molecule has 3 rings (SSSR count). The highest BCUT2D eigenvalue weighted by atomic mass is 19.3. The number of carbonyl (C=O) groups is 1. The molecule has 0 aromatic carbocycles. The molecule has 1 fully saturated rings. The van der Waals surface area contributed by atoms with Gasteiger partial charge in [-0.05, 0) is 25.0 Å². The summed E-state index contributed by atoms with van der Waals surface area (Å²) in [7, 11) is 0. The lowest BCUT2D eigenvalue weighted by Gasteiger charge is -2.31. The van der Waals surface area contributed by atoms with Crippen LogP contribution in [0.5, 0.6) is 0 Å². The fraction of sp³-hybridized carbons (Fsp3) is 0.533. The number of nitrogens with one attached hydrogen (secondary N) is 1. The Hall–Kier alpha value is -2.29. The van der Waals surface area contributed by atoms with Gasteiger partial charge in [0, 0.05) is 25.2 Å². The summed E-state index contributed by atoms with van der Waals surface area (Å²) in [6, 6.07) is 2.99. The number of aliphatic hydroxyl groups excluding tert-OH is 1. The van der Waals surface area contributed by atoms with E-state index in [0.29, 0.717) is 19.6 Å². The van der Waals surface area contributed by atoms with Crippen molar-refractivity contribution in [3.05, 3.63) is 35.4 Å². The summed E-state index contributed by atoms with van der Waals surface area (Å²) in [6.45, 7) is 1.50. The average molecular weight is 339 g/mol. The SMILES string of the molecule is O=C(c1cc(C(F)F)[nH]n1)N1CCC[C@@H](c2ccn(CCO)n2)C1. The fourth-order valence-electron chi connectivity index (χ4n) is 2.95. The monoisotopic (exact) mass is 339 g/mol. The quantitative estimate of drug-likeness (QED) is 0.865. The number of rotatable bonds is 5. The number of hydrogen-bond donors (Lipinski definition) is 2. The Kier molecular flexibility index (Phi) is 4.89. The number of amides is 1. The molecule has 1 amide bonds. The highest BCUT2D eigenvalue weighted by Crippen LogP contribution is 2.27. The molecule has 1 aliphatic rings. The minimum Gasteiger partial charge on any atom is -0.394 e. The molecule has 2 N–H and O–H groups in total. The lowest BCUT2D eigenvalue weighted by atomic mass is 9.95. The van der Waals surface area contributed by atoms with Crippen molar-refractivity contribution in [3.8, 4) is 0 Å². The largest absolute Gasteiger partial charge is 0.394 e. The predicted octanol–water partition coefficient (Wildman–Crippen LogP) is 1.56. The van der Waals surface area contributed by atoms with Gasteiger partial charge >= 0.3 is 0 Å². The van der Waals surface area contributed by atoms with Crippen LogP contribution in [0.2, 0.25) is 0 Å². The fourth-order valence-corrected chi connectivity index (χ4v) is 2.95. The number of aromatic nitrogens is 4. The summed E-state index contributed by atoms with van der Waals surface area (Å²) in [4.78, 5) is 14.1. The first-order chi connectivity index (χ1) is 11.6. The van der Waals surface area contributed by atoms with Gasteiger partial charge < -0.3 is 10.0 Å². The van der Waals surface area contributed by atoms with Crippen LogP contribution in [0.25, 0.3) is 0 Å². The first kappa shape index (κ1) is 16.6. The number of hydrogen-bond acceptors (Lipinski definition) is 4. The van der Waals surface area contributed by atoms with E-state index < -0.39 is 6.43 Å². The number of H-pyrrole nitrogens is 1. The molecule has 0 radical (unpaired) electrons. The summed E-state index contributed by atoms with van der Waals surface area (Å²) >= 11 is 0. The highest BCUT2D eigenvalue weighted by molar-refractivity contribution is 5.92. The minimum atomic E-state index is -2.68. The van der Waals surface area contributed by atoms with E-state index in [-0.39, 0.29) is 29.8 Å². The van der Waals surface area contributed by atoms with E-state index in [9.17, 15) is 13.6 Å². The zero-order chi connectivity index (χ0) is 17.1. The van der Waals surface area contributed by atoms with Gasteiger partial charge in [-0.2, -0.15) is 10.2 Å². The van der Waals surface area contributed by atoms with E-state index in [2.05, 4.69) is 15.3 Å². The second-order valence-corrected chi connectivity index (χ2v) is 5.83. The first-order valence-electron chi connectivity index (χ1n) is 7.85. The second kappa shape index (κ2) is 7.08. The maximum atomic E-state index is 12.6. The number of nitrogens with zero attached hydrogens (tertiary/aromatic N) is 4. The van der Waals surface area contributed by atoms with Crippen LogP contribution < -0.4 is 0 Å². The molecule has 0 spiro atoms. The van der Waals surface area contributed by atoms with Gasteiger partial charge in [-0.25, -0.2) is 8.78 Å².